The molecular formula is C15H21N2O2S-. The van der Waals surface area contributed by atoms with Crippen molar-refractivity contribution in [3.05, 3.63) is 29.3 Å². The molecular weight excluding hydrogens is 272 g/mol. The first kappa shape index (κ1) is 16.4. The third kappa shape index (κ3) is 5.17. The van der Waals surface area contributed by atoms with Gasteiger partial charge in [-0.1, -0.05) is 32.0 Å². The number of thiocarbonyl (C=S) groups is 1. The van der Waals surface area contributed by atoms with Gasteiger partial charge in [0.15, 0.2) is 5.11 Å². The summed E-state index contributed by atoms with van der Waals surface area (Å²) < 4.78 is 0. The van der Waals surface area contributed by atoms with Gasteiger partial charge in [0.05, 0.1) is 0 Å². The van der Waals surface area contributed by atoms with E-state index in [1.807, 2.05) is 0 Å². The van der Waals surface area contributed by atoms with Gasteiger partial charge in [0.2, 0.25) is 0 Å². The van der Waals surface area contributed by atoms with Gasteiger partial charge in [0.1, 0.15) is 0 Å². The van der Waals surface area contributed by atoms with E-state index < -0.39 is 5.97 Å². The van der Waals surface area contributed by atoms with Gasteiger partial charge in [-0.3, -0.25) is 0 Å². The highest BCUT2D eigenvalue weighted by molar-refractivity contribution is 7.80. The number of hydrogen-bond acceptors (Lipinski definition) is 3. The molecule has 0 saturated carbocycles. The molecule has 0 atom stereocenters. The predicted octanol–water partition coefficient (Wildman–Crippen LogP) is 1.63. The van der Waals surface area contributed by atoms with Crippen LogP contribution in [0, 0.1) is 0 Å². The number of aliphatic carboxylic acids is 1. The van der Waals surface area contributed by atoms with Crippen molar-refractivity contribution < 1.29 is 9.90 Å². The molecule has 0 aliphatic rings. The van der Waals surface area contributed by atoms with Gasteiger partial charge in [-0.15, -0.1) is 0 Å². The summed E-state index contributed by atoms with van der Waals surface area (Å²) in [6.07, 6.45) is 2.41. The third-order valence-corrected chi connectivity index (χ3v) is 3.33. The molecule has 110 valence electrons. The molecule has 1 aromatic rings. The number of nitrogens with one attached hydrogen (secondary N) is 2. The first-order valence-electron chi connectivity index (χ1n) is 6.93. The molecule has 0 aromatic heterocycles. The van der Waals surface area contributed by atoms with E-state index in [1.54, 1.807) is 0 Å². The van der Waals surface area contributed by atoms with Gasteiger partial charge < -0.3 is 20.5 Å². The minimum Gasteiger partial charge on any atom is -0.550 e. The predicted molar refractivity (Wildman–Crippen MR) is 83.7 cm³/mol. The van der Waals surface area contributed by atoms with E-state index in [0.29, 0.717) is 18.1 Å². The Balaban J connectivity index is 2.59. The molecule has 0 bridgehead atoms. The summed E-state index contributed by atoms with van der Waals surface area (Å²) in [5, 5.41) is 17.1. The minimum absolute atomic E-state index is 0.0430. The van der Waals surface area contributed by atoms with Gasteiger partial charge in [0, 0.05) is 18.2 Å². The molecule has 0 amide bonds. The lowest BCUT2D eigenvalue weighted by Gasteiger charge is -2.17. The fourth-order valence-corrected chi connectivity index (χ4v) is 2.20. The number of rotatable bonds is 7. The third-order valence-electron chi connectivity index (χ3n) is 3.08. The van der Waals surface area contributed by atoms with E-state index in [0.717, 1.165) is 18.5 Å². The first-order chi connectivity index (χ1) is 9.58. The highest BCUT2D eigenvalue weighted by atomic mass is 32.1. The Kier molecular flexibility index (Phi) is 7.01. The van der Waals surface area contributed by atoms with Crippen LogP contribution in [0.3, 0.4) is 0 Å². The number of carbonyl (C=O) groups is 1. The summed E-state index contributed by atoms with van der Waals surface area (Å²) in [5.41, 5.74) is 3.52. The van der Waals surface area contributed by atoms with Crippen LogP contribution in [0.5, 0.6) is 0 Å². The molecule has 0 aliphatic carbocycles. The minimum atomic E-state index is -1.03. The van der Waals surface area contributed by atoms with Crippen LogP contribution in [0.25, 0.3) is 0 Å². The van der Waals surface area contributed by atoms with Crippen molar-refractivity contribution in [2.75, 3.05) is 11.9 Å². The molecule has 0 aliphatic heterocycles. The molecule has 0 spiro atoms. The maximum absolute atomic E-state index is 10.3. The Bertz CT molecular complexity index is 453. The summed E-state index contributed by atoms with van der Waals surface area (Å²) in [6.45, 7) is 4.74. The molecule has 1 rings (SSSR count). The number of anilines is 1. The summed E-state index contributed by atoms with van der Waals surface area (Å²) in [5.74, 6) is -1.03. The topological polar surface area (TPSA) is 64.2 Å². The molecule has 5 heteroatoms. The van der Waals surface area contributed by atoms with Gasteiger partial charge in [0.25, 0.3) is 0 Å². The van der Waals surface area contributed by atoms with Crippen molar-refractivity contribution in [3.8, 4) is 0 Å². The van der Waals surface area contributed by atoms with E-state index in [9.17, 15) is 9.90 Å². The summed E-state index contributed by atoms with van der Waals surface area (Å²) in [7, 11) is 0. The van der Waals surface area contributed by atoms with Gasteiger partial charge >= 0.3 is 0 Å². The van der Waals surface area contributed by atoms with Crippen LogP contribution in [0.15, 0.2) is 18.2 Å². The number of carboxylic acids is 1. The highest BCUT2D eigenvalue weighted by Crippen LogP contribution is 2.22. The van der Waals surface area contributed by atoms with E-state index in [1.165, 1.54) is 11.1 Å². The van der Waals surface area contributed by atoms with Crippen molar-refractivity contribution in [2.24, 2.45) is 0 Å². The molecule has 20 heavy (non-hydrogen) atoms. The average Bonchev–Trinajstić information content (AvgIpc) is 2.43. The molecule has 0 radical (unpaired) electrons. The number of para-hydroxylation sites is 1. The molecule has 0 heterocycles. The van der Waals surface area contributed by atoms with Gasteiger partial charge in [-0.25, -0.2) is 0 Å². The maximum atomic E-state index is 10.3. The monoisotopic (exact) mass is 293 g/mol. The standard InChI is InChI=1S/C15H22N2O2S/c1-3-11-7-5-8-12(4-2)14(11)17-15(20)16-10-6-9-13(18)19/h5,7-8H,3-4,6,9-10H2,1-2H3,(H,18,19)(H2,16,17,20)/p-1. The van der Waals surface area contributed by atoms with E-state index in [-0.39, 0.29) is 6.42 Å². The lowest BCUT2D eigenvalue weighted by molar-refractivity contribution is -0.305. The first-order valence-corrected chi connectivity index (χ1v) is 7.34. The van der Waals surface area contributed by atoms with Crippen molar-refractivity contribution >= 4 is 29.0 Å². The molecule has 1 aromatic carbocycles. The Morgan fingerprint density at radius 3 is 2.35 bits per heavy atom. The number of hydrogen-bond donors (Lipinski definition) is 2. The van der Waals surface area contributed by atoms with E-state index in [4.69, 9.17) is 12.2 Å². The van der Waals surface area contributed by atoms with Crippen LogP contribution in [-0.2, 0) is 17.6 Å². The Hall–Kier alpha value is -1.62. The summed E-state index contributed by atoms with van der Waals surface area (Å²) in [4.78, 5) is 10.3. The van der Waals surface area contributed by atoms with Crippen LogP contribution in [0.4, 0.5) is 5.69 Å². The summed E-state index contributed by atoms with van der Waals surface area (Å²) >= 11 is 5.24. The summed E-state index contributed by atoms with van der Waals surface area (Å²) in [6, 6.07) is 6.22. The van der Waals surface area contributed by atoms with Crippen LogP contribution in [0.1, 0.15) is 37.8 Å². The van der Waals surface area contributed by atoms with E-state index >= 15 is 0 Å². The maximum Gasteiger partial charge on any atom is 0.170 e. The smallest absolute Gasteiger partial charge is 0.170 e. The Morgan fingerprint density at radius 2 is 1.85 bits per heavy atom. The highest BCUT2D eigenvalue weighted by Gasteiger charge is 2.07. The zero-order valence-corrected chi connectivity index (χ0v) is 12.8. The Labute approximate surface area is 125 Å². The second-order valence-electron chi connectivity index (χ2n) is 4.51. The molecule has 0 unspecified atom stereocenters. The van der Waals surface area contributed by atoms with Crippen LogP contribution in [-0.4, -0.2) is 17.6 Å². The second kappa shape index (κ2) is 8.53. The average molecular weight is 293 g/mol. The molecule has 2 N–H and O–H groups in total. The molecule has 0 fully saturated rings. The van der Waals surface area contributed by atoms with E-state index in [2.05, 4.69) is 42.7 Å². The Morgan fingerprint density at radius 1 is 1.25 bits per heavy atom. The van der Waals surface area contributed by atoms with Crippen LogP contribution < -0.4 is 15.7 Å². The SMILES string of the molecule is CCc1cccc(CC)c1NC(=S)NCCCC(=O)[O-]. The van der Waals surface area contributed by atoms with Crippen molar-refractivity contribution in [1.29, 1.82) is 0 Å². The lowest BCUT2D eigenvalue weighted by Crippen LogP contribution is -2.31. The quantitative estimate of drug-likeness (QED) is 0.591. The van der Waals surface area contributed by atoms with Gasteiger partial charge in [-0.2, -0.15) is 0 Å². The van der Waals surface area contributed by atoms with Crippen LogP contribution in [0.2, 0.25) is 0 Å². The molecule has 0 saturated heterocycles. The normalized spacial score (nSPS) is 10.1. The van der Waals surface area contributed by atoms with Crippen molar-refractivity contribution in [2.45, 2.75) is 39.5 Å². The number of carboxylic acid groups (broad SMARTS) is 1. The fraction of sp³-hybridized carbons (Fsp3) is 0.467. The number of aryl methyl sites for hydroxylation is 2. The van der Waals surface area contributed by atoms with Crippen molar-refractivity contribution in [1.82, 2.24) is 5.32 Å². The van der Waals surface area contributed by atoms with Crippen LogP contribution >= 0.6 is 12.2 Å². The number of carbonyl (C=O) groups excluding carboxylic acids is 1. The second-order valence-corrected chi connectivity index (χ2v) is 4.92. The number of benzene rings is 1. The fourth-order valence-electron chi connectivity index (χ4n) is 2.00. The molecule has 4 nitrogen and oxygen atoms in total. The zero-order chi connectivity index (χ0) is 15.0. The zero-order valence-electron chi connectivity index (χ0n) is 12.0. The lowest BCUT2D eigenvalue weighted by atomic mass is 10.0. The van der Waals surface area contributed by atoms with Crippen molar-refractivity contribution in [3.63, 3.8) is 0 Å². The van der Waals surface area contributed by atoms with Gasteiger partial charge in [-0.05, 0) is 49.0 Å². The largest absolute Gasteiger partial charge is 0.550 e.